The molecule has 0 radical (unpaired) electrons. The van der Waals surface area contributed by atoms with Crippen LogP contribution in [0.5, 0.6) is 0 Å². The minimum Gasteiger partial charge on any atom is -0.398 e. The van der Waals surface area contributed by atoms with Gasteiger partial charge >= 0.3 is 0 Å². The van der Waals surface area contributed by atoms with Crippen molar-refractivity contribution < 1.29 is 5.11 Å². The van der Waals surface area contributed by atoms with Crippen LogP contribution in [0.3, 0.4) is 0 Å². The zero-order valence-corrected chi connectivity index (χ0v) is 10.9. The zero-order valence-electron chi connectivity index (χ0n) is 10.1. The molecule has 0 bridgehead atoms. The van der Waals surface area contributed by atoms with E-state index in [2.05, 4.69) is 4.90 Å². The Morgan fingerprint density at radius 3 is 2.94 bits per heavy atom. The zero-order chi connectivity index (χ0) is 12.5. The van der Waals surface area contributed by atoms with Gasteiger partial charge in [-0.05, 0) is 44.0 Å². The molecule has 0 aliphatic carbocycles. The second-order valence-electron chi connectivity index (χ2n) is 5.15. The van der Waals surface area contributed by atoms with Crippen molar-refractivity contribution in [3.63, 3.8) is 0 Å². The van der Waals surface area contributed by atoms with Gasteiger partial charge in [0, 0.05) is 23.8 Å². The lowest BCUT2D eigenvalue weighted by Crippen LogP contribution is -2.45. The van der Waals surface area contributed by atoms with Crippen LogP contribution in [0, 0.1) is 0 Å². The topological polar surface area (TPSA) is 49.5 Å². The van der Waals surface area contributed by atoms with Gasteiger partial charge in [0.05, 0.1) is 5.60 Å². The third kappa shape index (κ3) is 3.35. The molecular formula is C13H19ClN2O. The molecule has 1 unspecified atom stereocenters. The van der Waals surface area contributed by atoms with Crippen LogP contribution in [-0.2, 0) is 6.54 Å². The average Bonchev–Trinajstić information content (AvgIpc) is 2.21. The van der Waals surface area contributed by atoms with Crippen molar-refractivity contribution in [1.82, 2.24) is 4.90 Å². The van der Waals surface area contributed by atoms with E-state index in [4.69, 9.17) is 17.3 Å². The lowest BCUT2D eigenvalue weighted by atomic mass is 9.95. The van der Waals surface area contributed by atoms with Crippen molar-refractivity contribution in [3.8, 4) is 0 Å². The Hall–Kier alpha value is -0.770. The highest BCUT2D eigenvalue weighted by Gasteiger charge is 2.28. The van der Waals surface area contributed by atoms with Crippen LogP contribution in [0.2, 0.25) is 5.02 Å². The first kappa shape index (κ1) is 12.7. The van der Waals surface area contributed by atoms with Gasteiger partial charge in [-0.2, -0.15) is 0 Å². The first-order valence-electron chi connectivity index (χ1n) is 5.95. The summed E-state index contributed by atoms with van der Waals surface area (Å²) in [6.45, 7) is 4.39. The second kappa shape index (κ2) is 4.84. The summed E-state index contributed by atoms with van der Waals surface area (Å²) < 4.78 is 0. The summed E-state index contributed by atoms with van der Waals surface area (Å²) in [7, 11) is 0. The molecule has 3 nitrogen and oxygen atoms in total. The predicted molar refractivity (Wildman–Crippen MR) is 71.0 cm³/mol. The predicted octanol–water partition coefficient (Wildman–Crippen LogP) is 2.27. The molecule has 1 aromatic carbocycles. The monoisotopic (exact) mass is 254 g/mol. The van der Waals surface area contributed by atoms with Gasteiger partial charge in [-0.25, -0.2) is 0 Å². The van der Waals surface area contributed by atoms with Crippen molar-refractivity contribution in [1.29, 1.82) is 0 Å². The fourth-order valence-electron chi connectivity index (χ4n) is 2.41. The Morgan fingerprint density at radius 2 is 2.29 bits per heavy atom. The molecule has 0 spiro atoms. The largest absolute Gasteiger partial charge is 0.398 e. The third-order valence-corrected chi connectivity index (χ3v) is 3.49. The second-order valence-corrected chi connectivity index (χ2v) is 5.59. The van der Waals surface area contributed by atoms with Crippen molar-refractivity contribution in [2.75, 3.05) is 18.8 Å². The van der Waals surface area contributed by atoms with E-state index >= 15 is 0 Å². The summed E-state index contributed by atoms with van der Waals surface area (Å²) in [5.74, 6) is 0. The van der Waals surface area contributed by atoms with Gasteiger partial charge in [0.25, 0.3) is 0 Å². The summed E-state index contributed by atoms with van der Waals surface area (Å²) in [6.07, 6.45) is 1.90. The molecule has 4 heteroatoms. The van der Waals surface area contributed by atoms with Gasteiger partial charge < -0.3 is 10.8 Å². The number of halogens is 1. The summed E-state index contributed by atoms with van der Waals surface area (Å²) >= 11 is 5.87. The molecule has 0 aromatic heterocycles. The number of nitrogen functional groups attached to an aromatic ring is 1. The number of piperidine rings is 1. The van der Waals surface area contributed by atoms with Crippen molar-refractivity contribution in [3.05, 3.63) is 28.8 Å². The van der Waals surface area contributed by atoms with Crippen molar-refractivity contribution in [2.45, 2.75) is 31.9 Å². The molecule has 1 heterocycles. The molecule has 1 aromatic rings. The Morgan fingerprint density at radius 1 is 1.53 bits per heavy atom. The van der Waals surface area contributed by atoms with E-state index in [1.165, 1.54) is 0 Å². The third-order valence-electron chi connectivity index (χ3n) is 3.26. The number of benzene rings is 1. The quantitative estimate of drug-likeness (QED) is 0.796. The number of anilines is 1. The average molecular weight is 255 g/mol. The highest BCUT2D eigenvalue weighted by Crippen LogP contribution is 2.24. The minimum atomic E-state index is -0.570. The van der Waals surface area contributed by atoms with E-state index in [-0.39, 0.29) is 0 Å². The van der Waals surface area contributed by atoms with Gasteiger partial charge in [-0.3, -0.25) is 4.90 Å². The number of β-amino-alcohol motifs (C(OH)–C–C–N with tert-alkyl or cyclic N) is 1. The number of rotatable bonds is 2. The normalized spacial score (nSPS) is 26.1. The minimum absolute atomic E-state index is 0.570. The summed E-state index contributed by atoms with van der Waals surface area (Å²) in [4.78, 5) is 2.24. The first-order valence-corrected chi connectivity index (χ1v) is 6.33. The molecule has 1 aliphatic rings. The lowest BCUT2D eigenvalue weighted by Gasteiger charge is -2.37. The number of nitrogens with zero attached hydrogens (tertiary/aromatic N) is 1. The van der Waals surface area contributed by atoms with Gasteiger partial charge in [0.15, 0.2) is 0 Å². The van der Waals surface area contributed by atoms with E-state index in [0.717, 1.165) is 37.2 Å². The number of aliphatic hydroxyl groups is 1. The standard InChI is InChI=1S/C13H19ClN2O/c1-13(17)5-2-6-16(9-13)8-10-3-4-11(14)7-12(10)15/h3-4,7,17H,2,5-6,8-9,15H2,1H3. The molecule has 0 saturated carbocycles. The number of likely N-dealkylation sites (tertiary alicyclic amines) is 1. The fraction of sp³-hybridized carbons (Fsp3) is 0.538. The molecule has 3 N–H and O–H groups in total. The van der Waals surface area contributed by atoms with Gasteiger partial charge in [-0.1, -0.05) is 17.7 Å². The molecule has 1 fully saturated rings. The Bertz CT molecular complexity index is 406. The first-order chi connectivity index (χ1) is 7.96. The maximum atomic E-state index is 10.0. The maximum absolute atomic E-state index is 10.0. The molecule has 17 heavy (non-hydrogen) atoms. The van der Waals surface area contributed by atoms with Crippen LogP contribution >= 0.6 is 11.6 Å². The SMILES string of the molecule is CC1(O)CCCN(Cc2ccc(Cl)cc2N)C1. The highest BCUT2D eigenvalue weighted by atomic mass is 35.5. The molecule has 1 aliphatic heterocycles. The molecule has 1 atom stereocenters. The Labute approximate surface area is 107 Å². The van der Waals surface area contributed by atoms with Crippen molar-refractivity contribution >= 4 is 17.3 Å². The molecule has 2 rings (SSSR count). The number of hydrogen-bond donors (Lipinski definition) is 2. The van der Waals surface area contributed by atoms with Crippen LogP contribution in [0.4, 0.5) is 5.69 Å². The van der Waals surface area contributed by atoms with Crippen LogP contribution in [0.25, 0.3) is 0 Å². The number of nitrogens with two attached hydrogens (primary N) is 1. The molecule has 1 saturated heterocycles. The van der Waals surface area contributed by atoms with Crippen LogP contribution in [-0.4, -0.2) is 28.7 Å². The van der Waals surface area contributed by atoms with Crippen LogP contribution < -0.4 is 5.73 Å². The van der Waals surface area contributed by atoms with E-state index in [0.29, 0.717) is 11.6 Å². The lowest BCUT2D eigenvalue weighted by molar-refractivity contribution is -0.0180. The van der Waals surface area contributed by atoms with Crippen molar-refractivity contribution in [2.24, 2.45) is 0 Å². The Kier molecular flexibility index (Phi) is 3.61. The van der Waals surface area contributed by atoms with E-state index in [1.807, 2.05) is 19.1 Å². The van der Waals surface area contributed by atoms with Gasteiger partial charge in [0.1, 0.15) is 0 Å². The van der Waals surface area contributed by atoms with E-state index in [9.17, 15) is 5.11 Å². The highest BCUT2D eigenvalue weighted by molar-refractivity contribution is 6.30. The van der Waals surface area contributed by atoms with Crippen LogP contribution in [0.1, 0.15) is 25.3 Å². The molecule has 94 valence electrons. The van der Waals surface area contributed by atoms with E-state index in [1.54, 1.807) is 6.07 Å². The maximum Gasteiger partial charge on any atom is 0.0746 e. The fourth-order valence-corrected chi connectivity index (χ4v) is 2.59. The van der Waals surface area contributed by atoms with Crippen LogP contribution in [0.15, 0.2) is 18.2 Å². The Balaban J connectivity index is 2.05. The summed E-state index contributed by atoms with van der Waals surface area (Å²) in [6, 6.07) is 5.59. The van der Waals surface area contributed by atoms with Gasteiger partial charge in [0.2, 0.25) is 0 Å². The smallest absolute Gasteiger partial charge is 0.0746 e. The summed E-state index contributed by atoms with van der Waals surface area (Å²) in [5, 5.41) is 10.7. The molecule has 0 amide bonds. The van der Waals surface area contributed by atoms with E-state index < -0.39 is 5.60 Å². The summed E-state index contributed by atoms with van der Waals surface area (Å²) in [5.41, 5.74) is 7.16. The van der Waals surface area contributed by atoms with Gasteiger partial charge in [-0.15, -0.1) is 0 Å². The molecular weight excluding hydrogens is 236 g/mol. The number of hydrogen-bond acceptors (Lipinski definition) is 3.